The number of methoxy groups -OCH3 is 1. The first kappa shape index (κ1) is 9.74. The van der Waals surface area contributed by atoms with Crippen molar-refractivity contribution in [3.63, 3.8) is 0 Å². The molecule has 0 saturated carbocycles. The van der Waals surface area contributed by atoms with E-state index >= 15 is 0 Å². The van der Waals surface area contributed by atoms with E-state index in [4.69, 9.17) is 10.5 Å². The van der Waals surface area contributed by atoms with E-state index in [2.05, 4.69) is 4.98 Å². The summed E-state index contributed by atoms with van der Waals surface area (Å²) < 4.78 is 5.03. The number of hydrogen-bond acceptors (Lipinski definition) is 3. The van der Waals surface area contributed by atoms with Crippen molar-refractivity contribution in [1.82, 2.24) is 4.98 Å². The fourth-order valence-corrected chi connectivity index (χ4v) is 0.901. The Labute approximate surface area is 78.2 Å². The van der Waals surface area contributed by atoms with Crippen LogP contribution in [0.25, 0.3) is 6.08 Å². The van der Waals surface area contributed by atoms with Crippen LogP contribution in [-0.2, 0) is 0 Å². The topological polar surface area (TPSA) is 48.1 Å². The summed E-state index contributed by atoms with van der Waals surface area (Å²) in [5.74, 6) is 0.756. The van der Waals surface area contributed by atoms with Gasteiger partial charge in [-0.05, 0) is 18.6 Å². The van der Waals surface area contributed by atoms with Crippen LogP contribution < -0.4 is 10.5 Å². The maximum Gasteiger partial charge on any atom is 0.137 e. The minimum Gasteiger partial charge on any atom is -0.495 e. The van der Waals surface area contributed by atoms with Crippen LogP contribution >= 0.6 is 0 Å². The predicted molar refractivity (Wildman–Crippen MR) is 53.5 cm³/mol. The Bertz CT molecular complexity index is 295. The molecule has 1 unspecified atom stereocenters. The van der Waals surface area contributed by atoms with E-state index in [1.165, 1.54) is 0 Å². The Morgan fingerprint density at radius 2 is 2.31 bits per heavy atom. The predicted octanol–water partition coefficient (Wildman–Crippen LogP) is 1.45. The Morgan fingerprint density at radius 1 is 1.54 bits per heavy atom. The van der Waals surface area contributed by atoms with Crippen LogP contribution in [0.2, 0.25) is 0 Å². The zero-order valence-corrected chi connectivity index (χ0v) is 7.90. The molecule has 0 bridgehead atoms. The zero-order valence-electron chi connectivity index (χ0n) is 7.90. The second-order valence-corrected chi connectivity index (χ2v) is 2.88. The van der Waals surface area contributed by atoms with E-state index in [9.17, 15) is 0 Å². The Morgan fingerprint density at radius 3 is 2.92 bits per heavy atom. The molecule has 70 valence electrons. The van der Waals surface area contributed by atoms with Crippen molar-refractivity contribution in [3.05, 3.63) is 30.1 Å². The molecule has 0 saturated heterocycles. The molecule has 0 aliphatic rings. The highest BCUT2D eigenvalue weighted by Gasteiger charge is 1.92. The molecule has 0 aliphatic carbocycles. The Balaban J connectivity index is 2.77. The summed E-state index contributed by atoms with van der Waals surface area (Å²) in [6.45, 7) is 1.92. The van der Waals surface area contributed by atoms with Gasteiger partial charge in [-0.1, -0.05) is 12.2 Å². The van der Waals surface area contributed by atoms with E-state index in [0.29, 0.717) is 0 Å². The molecule has 2 N–H and O–H groups in total. The molecule has 3 nitrogen and oxygen atoms in total. The minimum absolute atomic E-state index is 0.0613. The lowest BCUT2D eigenvalue weighted by atomic mass is 10.2. The van der Waals surface area contributed by atoms with Crippen LogP contribution in [0.3, 0.4) is 0 Å². The van der Waals surface area contributed by atoms with Gasteiger partial charge in [0.2, 0.25) is 0 Å². The molecule has 1 rings (SSSR count). The first-order valence-electron chi connectivity index (χ1n) is 4.15. The van der Waals surface area contributed by atoms with Gasteiger partial charge in [0.1, 0.15) is 5.75 Å². The van der Waals surface area contributed by atoms with Crippen LogP contribution in [0.5, 0.6) is 5.75 Å². The van der Waals surface area contributed by atoms with Gasteiger partial charge in [0, 0.05) is 12.2 Å². The van der Waals surface area contributed by atoms with Crippen molar-refractivity contribution in [3.8, 4) is 5.75 Å². The second kappa shape index (κ2) is 4.62. The van der Waals surface area contributed by atoms with Crippen LogP contribution in [-0.4, -0.2) is 18.1 Å². The lowest BCUT2D eigenvalue weighted by Gasteiger charge is -1.99. The molecule has 1 atom stereocenters. The molecule has 0 aliphatic heterocycles. The smallest absolute Gasteiger partial charge is 0.137 e. The largest absolute Gasteiger partial charge is 0.495 e. The van der Waals surface area contributed by atoms with E-state index in [1.54, 1.807) is 19.5 Å². The summed E-state index contributed by atoms with van der Waals surface area (Å²) in [6, 6.07) is 1.97. The highest BCUT2D eigenvalue weighted by atomic mass is 16.5. The first-order valence-corrected chi connectivity index (χ1v) is 4.15. The number of hydrogen-bond donors (Lipinski definition) is 1. The average molecular weight is 178 g/mol. The Kier molecular flexibility index (Phi) is 3.46. The summed E-state index contributed by atoms with van der Waals surface area (Å²) in [5.41, 5.74) is 6.57. The quantitative estimate of drug-likeness (QED) is 0.762. The molecule has 0 aromatic carbocycles. The third kappa shape index (κ3) is 3.25. The van der Waals surface area contributed by atoms with E-state index in [-0.39, 0.29) is 6.04 Å². The molecular formula is C10H14N2O. The van der Waals surface area contributed by atoms with Crippen molar-refractivity contribution in [2.24, 2.45) is 5.73 Å². The summed E-state index contributed by atoms with van der Waals surface area (Å²) in [4.78, 5) is 4.02. The molecule has 0 radical (unpaired) electrons. The first-order chi connectivity index (χ1) is 6.22. The van der Waals surface area contributed by atoms with Gasteiger partial charge in [0.25, 0.3) is 0 Å². The van der Waals surface area contributed by atoms with Crippen LogP contribution in [0, 0.1) is 0 Å². The fourth-order valence-electron chi connectivity index (χ4n) is 0.901. The van der Waals surface area contributed by atoms with Crippen molar-refractivity contribution in [2.75, 3.05) is 7.11 Å². The SMILES string of the molecule is COc1cncc(/C=C/C(C)N)c1. The van der Waals surface area contributed by atoms with Gasteiger partial charge in [-0.3, -0.25) is 4.98 Å². The number of rotatable bonds is 3. The van der Waals surface area contributed by atoms with Gasteiger partial charge in [-0.2, -0.15) is 0 Å². The molecule has 1 aromatic heterocycles. The monoisotopic (exact) mass is 178 g/mol. The molecule has 0 amide bonds. The summed E-state index contributed by atoms with van der Waals surface area (Å²) in [6.07, 6.45) is 7.28. The number of ether oxygens (including phenoxy) is 1. The van der Waals surface area contributed by atoms with E-state index in [1.807, 2.05) is 25.1 Å². The Hall–Kier alpha value is -1.35. The van der Waals surface area contributed by atoms with Gasteiger partial charge in [0.05, 0.1) is 13.3 Å². The maximum absolute atomic E-state index is 5.57. The van der Waals surface area contributed by atoms with Crippen molar-refractivity contribution in [2.45, 2.75) is 13.0 Å². The van der Waals surface area contributed by atoms with Gasteiger partial charge in [-0.15, -0.1) is 0 Å². The summed E-state index contributed by atoms with van der Waals surface area (Å²) >= 11 is 0. The van der Waals surface area contributed by atoms with Gasteiger partial charge in [0.15, 0.2) is 0 Å². The average Bonchev–Trinajstić information content (AvgIpc) is 2.15. The second-order valence-electron chi connectivity index (χ2n) is 2.88. The van der Waals surface area contributed by atoms with Gasteiger partial charge in [-0.25, -0.2) is 0 Å². The third-order valence-corrected chi connectivity index (χ3v) is 1.56. The molecule has 1 heterocycles. The summed E-state index contributed by atoms with van der Waals surface area (Å²) in [5, 5.41) is 0. The van der Waals surface area contributed by atoms with E-state index < -0.39 is 0 Å². The maximum atomic E-state index is 5.57. The van der Waals surface area contributed by atoms with Crippen LogP contribution in [0.4, 0.5) is 0 Å². The van der Waals surface area contributed by atoms with Crippen LogP contribution in [0.1, 0.15) is 12.5 Å². The lowest BCUT2D eigenvalue weighted by molar-refractivity contribution is 0.413. The third-order valence-electron chi connectivity index (χ3n) is 1.56. The van der Waals surface area contributed by atoms with Crippen molar-refractivity contribution >= 4 is 6.08 Å². The summed E-state index contributed by atoms with van der Waals surface area (Å²) in [7, 11) is 1.62. The number of nitrogens with two attached hydrogens (primary N) is 1. The van der Waals surface area contributed by atoms with Crippen LogP contribution in [0.15, 0.2) is 24.5 Å². The van der Waals surface area contributed by atoms with Gasteiger partial charge < -0.3 is 10.5 Å². The number of pyridine rings is 1. The number of nitrogens with zero attached hydrogens (tertiary/aromatic N) is 1. The van der Waals surface area contributed by atoms with Crippen molar-refractivity contribution < 1.29 is 4.74 Å². The molecular weight excluding hydrogens is 164 g/mol. The minimum atomic E-state index is 0.0613. The zero-order chi connectivity index (χ0) is 9.68. The van der Waals surface area contributed by atoms with E-state index in [0.717, 1.165) is 11.3 Å². The molecule has 1 aromatic rings. The molecule has 3 heteroatoms. The van der Waals surface area contributed by atoms with Gasteiger partial charge >= 0.3 is 0 Å². The van der Waals surface area contributed by atoms with Crippen molar-refractivity contribution in [1.29, 1.82) is 0 Å². The molecule has 13 heavy (non-hydrogen) atoms. The highest BCUT2D eigenvalue weighted by Crippen LogP contribution is 2.11. The lowest BCUT2D eigenvalue weighted by Crippen LogP contribution is -2.09. The number of aromatic nitrogens is 1. The standard InChI is InChI=1S/C10H14N2O/c1-8(11)3-4-9-5-10(13-2)7-12-6-9/h3-8H,11H2,1-2H3/b4-3+. The fraction of sp³-hybridized carbons (Fsp3) is 0.300. The highest BCUT2D eigenvalue weighted by molar-refractivity contribution is 5.50. The molecule has 0 fully saturated rings. The normalized spacial score (nSPS) is 13.2. The molecule has 0 spiro atoms.